The van der Waals surface area contributed by atoms with Gasteiger partial charge in [0.1, 0.15) is 0 Å². The molecule has 4 nitrogen and oxygen atoms in total. The predicted molar refractivity (Wildman–Crippen MR) is 85.2 cm³/mol. The highest BCUT2D eigenvalue weighted by atomic mass is 16.2. The monoisotopic (exact) mass is 287 g/mol. The van der Waals surface area contributed by atoms with Gasteiger partial charge in [0, 0.05) is 38.8 Å². The van der Waals surface area contributed by atoms with E-state index in [1.165, 1.54) is 37.2 Å². The molecule has 0 spiro atoms. The molecule has 114 valence electrons. The van der Waals surface area contributed by atoms with Crippen molar-refractivity contribution in [2.24, 2.45) is 5.92 Å². The largest absolute Gasteiger partial charge is 0.380 e. The number of nitrogens with zero attached hydrogens (tertiary/aromatic N) is 2. The van der Waals surface area contributed by atoms with Gasteiger partial charge in [-0.1, -0.05) is 18.2 Å². The Hall–Kier alpha value is -1.55. The molecule has 21 heavy (non-hydrogen) atoms. The zero-order valence-corrected chi connectivity index (χ0v) is 13.0. The second kappa shape index (κ2) is 6.06. The summed E-state index contributed by atoms with van der Waals surface area (Å²) in [6.45, 7) is 5.96. The van der Waals surface area contributed by atoms with E-state index in [-0.39, 0.29) is 5.91 Å². The van der Waals surface area contributed by atoms with Crippen molar-refractivity contribution in [1.29, 1.82) is 0 Å². The lowest BCUT2D eigenvalue weighted by Crippen LogP contribution is -2.53. The fourth-order valence-electron chi connectivity index (χ4n) is 3.49. The lowest BCUT2D eigenvalue weighted by Gasteiger charge is -2.45. The van der Waals surface area contributed by atoms with Crippen LogP contribution in [0.1, 0.15) is 25.3 Å². The van der Waals surface area contributed by atoms with Crippen molar-refractivity contribution in [2.45, 2.75) is 32.4 Å². The zero-order valence-electron chi connectivity index (χ0n) is 13.0. The molecule has 0 radical (unpaired) electrons. The zero-order chi connectivity index (χ0) is 14.8. The van der Waals surface area contributed by atoms with E-state index in [1.807, 2.05) is 13.1 Å². The fraction of sp³-hybridized carbons (Fsp3) is 0.588. The highest BCUT2D eigenvalue weighted by Crippen LogP contribution is 2.30. The Labute approximate surface area is 127 Å². The van der Waals surface area contributed by atoms with Crippen molar-refractivity contribution in [3.8, 4) is 0 Å². The lowest BCUT2D eigenvalue weighted by molar-refractivity contribution is -0.128. The van der Waals surface area contributed by atoms with Crippen LogP contribution in [0.5, 0.6) is 0 Å². The number of para-hydroxylation sites is 1. The highest BCUT2D eigenvalue weighted by Gasteiger charge is 2.34. The number of carbonyl (C=O) groups excluding carboxylic acids is 1. The van der Waals surface area contributed by atoms with E-state index in [4.69, 9.17) is 0 Å². The Morgan fingerprint density at radius 1 is 1.33 bits per heavy atom. The molecular weight excluding hydrogens is 262 g/mol. The van der Waals surface area contributed by atoms with Gasteiger partial charge in [-0.05, 0) is 43.5 Å². The van der Waals surface area contributed by atoms with E-state index < -0.39 is 0 Å². The maximum absolute atomic E-state index is 11.5. The van der Waals surface area contributed by atoms with Crippen molar-refractivity contribution in [3.63, 3.8) is 0 Å². The SMILES string of the molecule is CC(=O)N(C)Cc1ccccc1NC1CN2CCC1CC2. The van der Waals surface area contributed by atoms with Gasteiger partial charge >= 0.3 is 0 Å². The van der Waals surface area contributed by atoms with Gasteiger partial charge in [-0.15, -0.1) is 0 Å². The smallest absolute Gasteiger partial charge is 0.219 e. The fourth-order valence-corrected chi connectivity index (χ4v) is 3.49. The van der Waals surface area contributed by atoms with Crippen LogP contribution in [0.2, 0.25) is 0 Å². The van der Waals surface area contributed by atoms with Gasteiger partial charge in [-0.2, -0.15) is 0 Å². The average Bonchev–Trinajstić information content (AvgIpc) is 2.50. The Bertz CT molecular complexity index is 509. The quantitative estimate of drug-likeness (QED) is 0.922. The molecule has 1 aromatic carbocycles. The van der Waals surface area contributed by atoms with E-state index in [0.29, 0.717) is 12.6 Å². The molecule has 1 aromatic rings. The molecule has 0 aromatic heterocycles. The minimum absolute atomic E-state index is 0.104. The van der Waals surface area contributed by atoms with Crippen molar-refractivity contribution in [3.05, 3.63) is 29.8 Å². The van der Waals surface area contributed by atoms with Crippen LogP contribution in [-0.2, 0) is 11.3 Å². The van der Waals surface area contributed by atoms with Gasteiger partial charge in [-0.3, -0.25) is 4.79 Å². The average molecular weight is 287 g/mol. The molecule has 1 amide bonds. The molecule has 1 N–H and O–H groups in total. The molecule has 3 heterocycles. The summed E-state index contributed by atoms with van der Waals surface area (Å²) in [7, 11) is 1.85. The van der Waals surface area contributed by atoms with Crippen LogP contribution in [-0.4, -0.2) is 48.4 Å². The normalized spacial score (nSPS) is 27.4. The number of hydrogen-bond donors (Lipinski definition) is 1. The minimum Gasteiger partial charge on any atom is -0.380 e. The first-order valence-electron chi connectivity index (χ1n) is 7.92. The van der Waals surface area contributed by atoms with Gasteiger partial charge in [0.25, 0.3) is 0 Å². The van der Waals surface area contributed by atoms with Gasteiger partial charge in [0.05, 0.1) is 0 Å². The Morgan fingerprint density at radius 3 is 2.67 bits per heavy atom. The van der Waals surface area contributed by atoms with Crippen molar-refractivity contribution >= 4 is 11.6 Å². The van der Waals surface area contributed by atoms with Crippen LogP contribution in [0.25, 0.3) is 0 Å². The molecule has 1 atom stereocenters. The van der Waals surface area contributed by atoms with Crippen LogP contribution in [0.3, 0.4) is 0 Å². The highest BCUT2D eigenvalue weighted by molar-refractivity contribution is 5.73. The third-order valence-corrected chi connectivity index (χ3v) is 4.96. The van der Waals surface area contributed by atoms with Crippen molar-refractivity contribution in [2.75, 3.05) is 32.0 Å². The molecule has 3 aliphatic rings. The van der Waals surface area contributed by atoms with E-state index in [9.17, 15) is 4.79 Å². The topological polar surface area (TPSA) is 35.6 Å². The first-order valence-corrected chi connectivity index (χ1v) is 7.92. The first-order chi connectivity index (χ1) is 10.1. The maximum Gasteiger partial charge on any atom is 0.219 e. The number of benzene rings is 1. The summed E-state index contributed by atoms with van der Waals surface area (Å²) in [5, 5.41) is 3.75. The van der Waals surface area contributed by atoms with E-state index in [2.05, 4.69) is 28.4 Å². The molecule has 3 saturated heterocycles. The molecule has 4 rings (SSSR count). The first kappa shape index (κ1) is 14.4. The van der Waals surface area contributed by atoms with E-state index in [0.717, 1.165) is 12.5 Å². The number of amides is 1. The molecule has 0 saturated carbocycles. The summed E-state index contributed by atoms with van der Waals surface area (Å²) < 4.78 is 0. The predicted octanol–water partition coefficient (Wildman–Crippen LogP) is 2.17. The van der Waals surface area contributed by atoms with Crippen LogP contribution in [0.15, 0.2) is 24.3 Å². The van der Waals surface area contributed by atoms with Crippen LogP contribution >= 0.6 is 0 Å². The number of fused-ring (bicyclic) bond motifs is 3. The number of hydrogen-bond acceptors (Lipinski definition) is 3. The Kier molecular flexibility index (Phi) is 4.15. The molecule has 3 fully saturated rings. The third-order valence-electron chi connectivity index (χ3n) is 4.96. The number of nitrogens with one attached hydrogen (secondary N) is 1. The molecule has 2 bridgehead atoms. The summed E-state index contributed by atoms with van der Waals surface area (Å²) >= 11 is 0. The third kappa shape index (κ3) is 3.21. The van der Waals surface area contributed by atoms with Gasteiger partial charge in [0.15, 0.2) is 0 Å². The summed E-state index contributed by atoms with van der Waals surface area (Å²) in [5.74, 6) is 0.904. The number of piperidine rings is 3. The molecule has 4 heteroatoms. The Morgan fingerprint density at radius 2 is 2.05 bits per heavy atom. The van der Waals surface area contributed by atoms with E-state index in [1.54, 1.807) is 11.8 Å². The summed E-state index contributed by atoms with van der Waals surface area (Å²) in [4.78, 5) is 15.8. The van der Waals surface area contributed by atoms with Crippen molar-refractivity contribution < 1.29 is 4.79 Å². The summed E-state index contributed by atoms with van der Waals surface area (Å²) in [6, 6.07) is 8.92. The summed E-state index contributed by atoms with van der Waals surface area (Å²) in [5.41, 5.74) is 2.39. The Balaban J connectivity index is 1.72. The number of rotatable bonds is 4. The van der Waals surface area contributed by atoms with Crippen LogP contribution in [0.4, 0.5) is 5.69 Å². The number of anilines is 1. The van der Waals surface area contributed by atoms with Crippen LogP contribution < -0.4 is 5.32 Å². The van der Waals surface area contributed by atoms with Gasteiger partial charge in [-0.25, -0.2) is 0 Å². The van der Waals surface area contributed by atoms with Crippen LogP contribution in [0, 0.1) is 5.92 Å². The summed E-state index contributed by atoms with van der Waals surface area (Å²) in [6.07, 6.45) is 2.63. The maximum atomic E-state index is 11.5. The van der Waals surface area contributed by atoms with E-state index >= 15 is 0 Å². The molecule has 1 unspecified atom stereocenters. The molecule has 0 aliphatic carbocycles. The second-order valence-corrected chi connectivity index (χ2v) is 6.42. The van der Waals surface area contributed by atoms with Gasteiger partial charge in [0.2, 0.25) is 5.91 Å². The molecule has 3 aliphatic heterocycles. The van der Waals surface area contributed by atoms with Crippen molar-refractivity contribution in [1.82, 2.24) is 9.80 Å². The standard InChI is InChI=1S/C17H25N3O/c1-13(21)19(2)11-15-5-3-4-6-16(15)18-17-12-20-9-7-14(17)8-10-20/h3-6,14,17-18H,7-12H2,1-2H3. The van der Waals surface area contributed by atoms with Gasteiger partial charge < -0.3 is 15.1 Å². The minimum atomic E-state index is 0.104. The number of carbonyl (C=O) groups is 1. The lowest BCUT2D eigenvalue weighted by atomic mass is 9.84. The molecular formula is C17H25N3O. The second-order valence-electron chi connectivity index (χ2n) is 6.42.